The van der Waals surface area contributed by atoms with Crippen LogP contribution in [-0.4, -0.2) is 33.2 Å². The summed E-state index contributed by atoms with van der Waals surface area (Å²) in [7, 11) is -3.36. The third kappa shape index (κ3) is 4.01. The summed E-state index contributed by atoms with van der Waals surface area (Å²) in [6.45, 7) is 0.728. The fourth-order valence-electron chi connectivity index (χ4n) is 2.86. The normalized spacial score (nSPS) is 17.2. The fourth-order valence-corrected chi connectivity index (χ4v) is 3.96. The van der Waals surface area contributed by atoms with Crippen molar-refractivity contribution < 1.29 is 13.2 Å². The molecule has 2 aromatic rings. The minimum atomic E-state index is -3.36. The number of hydrogen-bond donors (Lipinski definition) is 2. The number of aryl methyl sites for hydroxylation is 1. The van der Waals surface area contributed by atoms with Crippen molar-refractivity contribution in [2.45, 2.75) is 12.3 Å². The van der Waals surface area contributed by atoms with Crippen molar-refractivity contribution in [3.05, 3.63) is 71.3 Å². The van der Waals surface area contributed by atoms with Gasteiger partial charge in [-0.05, 0) is 23.6 Å². The molecule has 5 nitrogen and oxygen atoms in total. The molecule has 2 N–H and O–H groups in total. The van der Waals surface area contributed by atoms with Crippen molar-refractivity contribution >= 4 is 15.9 Å². The Morgan fingerprint density at radius 3 is 2.54 bits per heavy atom. The van der Waals surface area contributed by atoms with E-state index in [0.29, 0.717) is 18.5 Å². The van der Waals surface area contributed by atoms with E-state index < -0.39 is 10.0 Å². The van der Waals surface area contributed by atoms with Gasteiger partial charge in [0.25, 0.3) is 5.91 Å². The molecule has 1 atom stereocenters. The van der Waals surface area contributed by atoms with Gasteiger partial charge in [0.05, 0.1) is 5.75 Å². The van der Waals surface area contributed by atoms with Crippen molar-refractivity contribution in [3.8, 4) is 0 Å². The van der Waals surface area contributed by atoms with Crippen LogP contribution >= 0.6 is 0 Å². The van der Waals surface area contributed by atoms with E-state index in [-0.39, 0.29) is 24.1 Å². The summed E-state index contributed by atoms with van der Waals surface area (Å²) in [6.07, 6.45) is 0.480. The van der Waals surface area contributed by atoms with Crippen LogP contribution < -0.4 is 10.0 Å². The smallest absolute Gasteiger partial charge is 0.251 e. The summed E-state index contributed by atoms with van der Waals surface area (Å²) in [5.74, 6) is -0.100. The number of hydrogen-bond acceptors (Lipinski definition) is 3. The molecular weight excluding hydrogens is 324 g/mol. The second-order valence-corrected chi connectivity index (χ2v) is 7.82. The van der Waals surface area contributed by atoms with Gasteiger partial charge in [0.2, 0.25) is 10.0 Å². The Morgan fingerprint density at radius 2 is 1.75 bits per heavy atom. The van der Waals surface area contributed by atoms with E-state index in [9.17, 15) is 13.2 Å². The van der Waals surface area contributed by atoms with Crippen molar-refractivity contribution in [3.63, 3.8) is 0 Å². The third-order valence-corrected chi connectivity index (χ3v) is 5.55. The Balaban J connectivity index is 1.61. The van der Waals surface area contributed by atoms with Crippen LogP contribution in [0.25, 0.3) is 0 Å². The lowest BCUT2D eigenvalue weighted by atomic mass is 9.91. The Bertz CT molecular complexity index is 819. The molecule has 0 bridgehead atoms. The van der Waals surface area contributed by atoms with Gasteiger partial charge in [-0.15, -0.1) is 0 Å². The molecule has 1 amide bonds. The maximum Gasteiger partial charge on any atom is 0.251 e. The van der Waals surface area contributed by atoms with Crippen molar-refractivity contribution in [1.82, 2.24) is 10.0 Å². The number of carbonyl (C=O) groups excluding carboxylic acids is 1. The van der Waals surface area contributed by atoms with Crippen LogP contribution in [0.2, 0.25) is 0 Å². The highest BCUT2D eigenvalue weighted by atomic mass is 32.2. The second kappa shape index (κ2) is 7.15. The number of sulfonamides is 1. The van der Waals surface area contributed by atoms with Gasteiger partial charge in [-0.3, -0.25) is 4.79 Å². The van der Waals surface area contributed by atoms with Gasteiger partial charge in [-0.25, -0.2) is 13.1 Å². The van der Waals surface area contributed by atoms with Crippen molar-refractivity contribution in [1.29, 1.82) is 0 Å². The van der Waals surface area contributed by atoms with E-state index >= 15 is 0 Å². The first-order valence-corrected chi connectivity index (χ1v) is 9.59. The molecule has 0 saturated heterocycles. The van der Waals surface area contributed by atoms with Gasteiger partial charge in [0, 0.05) is 24.6 Å². The molecule has 1 heterocycles. The number of carbonyl (C=O) groups is 1. The molecule has 0 fully saturated rings. The van der Waals surface area contributed by atoms with Gasteiger partial charge < -0.3 is 5.32 Å². The van der Waals surface area contributed by atoms with E-state index in [1.54, 1.807) is 6.07 Å². The molecule has 1 unspecified atom stereocenters. The summed E-state index contributed by atoms with van der Waals surface area (Å²) in [5, 5.41) is 2.81. The van der Waals surface area contributed by atoms with Gasteiger partial charge >= 0.3 is 0 Å². The molecule has 0 aliphatic carbocycles. The summed E-state index contributed by atoms with van der Waals surface area (Å²) in [5.41, 5.74) is 2.52. The second-order valence-electron chi connectivity index (χ2n) is 5.90. The van der Waals surface area contributed by atoms with Crippen LogP contribution in [0.15, 0.2) is 54.6 Å². The minimum Gasteiger partial charge on any atom is -0.351 e. The summed E-state index contributed by atoms with van der Waals surface area (Å²) >= 11 is 0. The Hall–Kier alpha value is -2.18. The monoisotopic (exact) mass is 344 g/mol. The number of fused-ring (bicyclic) bond motifs is 1. The predicted octanol–water partition coefficient (Wildman–Crippen LogP) is 1.68. The summed E-state index contributed by atoms with van der Waals surface area (Å²) in [6, 6.07) is 16.9. The SMILES string of the molecule is O=C1NCC(CNS(=O)(=O)CCc2ccccc2)c2ccccc21. The number of amides is 1. The quantitative estimate of drug-likeness (QED) is 0.837. The Labute approximate surface area is 142 Å². The van der Waals surface area contributed by atoms with Gasteiger partial charge in [0.15, 0.2) is 0 Å². The standard InChI is InChI=1S/C18H20N2O3S/c21-18-17-9-5-4-8-16(17)15(12-19-18)13-20-24(22,23)11-10-14-6-2-1-3-7-14/h1-9,15,20H,10-13H2,(H,19,21). The van der Waals surface area contributed by atoms with Gasteiger partial charge in [0.1, 0.15) is 0 Å². The van der Waals surface area contributed by atoms with Gasteiger partial charge in [-0.2, -0.15) is 0 Å². The van der Waals surface area contributed by atoms with Crippen LogP contribution in [0.4, 0.5) is 0 Å². The summed E-state index contributed by atoms with van der Waals surface area (Å²) in [4.78, 5) is 11.8. The first-order chi connectivity index (χ1) is 11.6. The van der Waals surface area contributed by atoms with Crippen LogP contribution in [0.5, 0.6) is 0 Å². The lowest BCUT2D eigenvalue weighted by molar-refractivity contribution is 0.0940. The van der Waals surface area contributed by atoms with Gasteiger partial charge in [-0.1, -0.05) is 48.5 Å². The number of rotatable bonds is 6. The van der Waals surface area contributed by atoms with E-state index in [1.165, 1.54) is 0 Å². The molecule has 126 valence electrons. The molecule has 0 saturated carbocycles. The Kier molecular flexibility index (Phi) is 4.97. The van der Waals surface area contributed by atoms with Crippen molar-refractivity contribution in [2.24, 2.45) is 0 Å². The van der Waals surface area contributed by atoms with Crippen LogP contribution in [0.3, 0.4) is 0 Å². The van der Waals surface area contributed by atoms with E-state index in [4.69, 9.17) is 0 Å². The van der Waals surface area contributed by atoms with E-state index in [1.807, 2.05) is 48.5 Å². The molecule has 0 aromatic heterocycles. The first-order valence-electron chi connectivity index (χ1n) is 7.93. The minimum absolute atomic E-state index is 0.0506. The fraction of sp³-hybridized carbons (Fsp3) is 0.278. The van der Waals surface area contributed by atoms with Crippen LogP contribution in [-0.2, 0) is 16.4 Å². The molecule has 1 aliphatic rings. The third-order valence-electron chi connectivity index (χ3n) is 4.21. The molecule has 0 radical (unpaired) electrons. The molecule has 1 aliphatic heterocycles. The largest absolute Gasteiger partial charge is 0.351 e. The van der Waals surface area contributed by atoms with Crippen LogP contribution in [0, 0.1) is 0 Å². The average molecular weight is 344 g/mol. The van der Waals surface area contributed by atoms with E-state index in [0.717, 1.165) is 11.1 Å². The number of nitrogens with one attached hydrogen (secondary N) is 2. The molecule has 0 spiro atoms. The highest BCUT2D eigenvalue weighted by Gasteiger charge is 2.25. The lowest BCUT2D eigenvalue weighted by Gasteiger charge is -2.25. The highest BCUT2D eigenvalue weighted by Crippen LogP contribution is 2.23. The lowest BCUT2D eigenvalue weighted by Crippen LogP contribution is -2.40. The topological polar surface area (TPSA) is 75.3 Å². The molecule has 24 heavy (non-hydrogen) atoms. The number of benzene rings is 2. The zero-order valence-corrected chi connectivity index (χ0v) is 14.1. The average Bonchev–Trinajstić information content (AvgIpc) is 2.61. The zero-order valence-electron chi connectivity index (χ0n) is 13.2. The molecule has 3 rings (SSSR count). The van der Waals surface area contributed by atoms with E-state index in [2.05, 4.69) is 10.0 Å². The molecule has 6 heteroatoms. The molecular formula is C18H20N2O3S. The first kappa shape index (κ1) is 16.7. The summed E-state index contributed by atoms with van der Waals surface area (Å²) < 4.78 is 27.1. The predicted molar refractivity (Wildman–Crippen MR) is 93.5 cm³/mol. The maximum absolute atomic E-state index is 12.2. The highest BCUT2D eigenvalue weighted by molar-refractivity contribution is 7.89. The maximum atomic E-state index is 12.2. The van der Waals surface area contributed by atoms with Crippen molar-refractivity contribution in [2.75, 3.05) is 18.8 Å². The zero-order chi connectivity index (χ0) is 17.0. The Morgan fingerprint density at radius 1 is 1.04 bits per heavy atom. The molecule has 2 aromatic carbocycles. The van der Waals surface area contributed by atoms with Crippen LogP contribution in [0.1, 0.15) is 27.4 Å².